The fraction of sp³-hybridized carbons (Fsp3) is 0.357. The molecule has 2 aromatic heterocycles. The highest BCUT2D eigenvalue weighted by Crippen LogP contribution is 2.42. The van der Waals surface area contributed by atoms with Gasteiger partial charge in [-0.1, -0.05) is 23.7 Å². The zero-order valence-corrected chi connectivity index (χ0v) is 22.9. The van der Waals surface area contributed by atoms with Crippen molar-refractivity contribution in [3.63, 3.8) is 0 Å². The lowest BCUT2D eigenvalue weighted by Gasteiger charge is -2.44. The number of nitrogens with two attached hydrogens (primary N) is 1. The Balaban J connectivity index is 1.55. The number of hydrogen-bond donors (Lipinski definition) is 1. The molecule has 4 aromatic rings. The predicted molar refractivity (Wildman–Crippen MR) is 149 cm³/mol. The van der Waals surface area contributed by atoms with Crippen molar-refractivity contribution in [2.75, 3.05) is 19.4 Å². The lowest BCUT2D eigenvalue weighted by Crippen LogP contribution is -2.50. The maximum absolute atomic E-state index is 6.72. The number of hydrogen-bond acceptors (Lipinski definition) is 6. The van der Waals surface area contributed by atoms with Crippen molar-refractivity contribution in [1.29, 1.82) is 0 Å². The number of ether oxygens (including phenoxy) is 2. The van der Waals surface area contributed by atoms with Crippen molar-refractivity contribution in [2.45, 2.75) is 50.6 Å². The average Bonchev–Trinajstić information content (AvgIpc) is 3.25. The summed E-state index contributed by atoms with van der Waals surface area (Å²) in [6.45, 7) is 7.44. The fourth-order valence-corrected chi connectivity index (χ4v) is 5.73. The van der Waals surface area contributed by atoms with Gasteiger partial charge in [0.25, 0.3) is 0 Å². The second kappa shape index (κ2) is 10.0. The van der Waals surface area contributed by atoms with Gasteiger partial charge in [-0.05, 0) is 75.6 Å². The molecule has 0 aliphatic carbocycles. The van der Waals surface area contributed by atoms with Gasteiger partial charge in [-0.2, -0.15) is 5.10 Å². The maximum Gasteiger partial charge on any atom is 0.169 e. The number of benzene rings is 2. The first-order valence-corrected chi connectivity index (χ1v) is 13.1. The molecule has 2 atom stereocenters. The van der Waals surface area contributed by atoms with Crippen LogP contribution in [0.5, 0.6) is 17.2 Å². The van der Waals surface area contributed by atoms with Crippen LogP contribution >= 0.6 is 23.2 Å². The molecule has 0 radical (unpaired) electrons. The first-order chi connectivity index (χ1) is 17.7. The number of likely N-dealkylation sites (tertiary alicyclic amines) is 1. The number of aromatic nitrogens is 3. The van der Waals surface area contributed by atoms with E-state index in [0.29, 0.717) is 28.1 Å². The highest BCUT2D eigenvalue weighted by molar-refractivity contribution is 6.30. The zero-order valence-electron chi connectivity index (χ0n) is 21.4. The van der Waals surface area contributed by atoms with Crippen LogP contribution in [-0.2, 0) is 0 Å². The van der Waals surface area contributed by atoms with Crippen LogP contribution in [0, 0.1) is 0 Å². The summed E-state index contributed by atoms with van der Waals surface area (Å²) in [5.41, 5.74) is 10.1. The van der Waals surface area contributed by atoms with Gasteiger partial charge in [0, 0.05) is 34.3 Å². The molecule has 194 valence electrons. The molecular formula is C28H31Cl2N5O2. The molecule has 1 aliphatic heterocycles. The van der Waals surface area contributed by atoms with E-state index in [0.717, 1.165) is 41.7 Å². The Morgan fingerprint density at radius 2 is 1.86 bits per heavy atom. The first-order valence-electron chi connectivity index (χ1n) is 12.3. The van der Waals surface area contributed by atoms with Crippen LogP contribution in [0.3, 0.4) is 0 Å². The summed E-state index contributed by atoms with van der Waals surface area (Å²) in [5, 5.41) is 5.20. The third-order valence-electron chi connectivity index (χ3n) is 6.90. The van der Waals surface area contributed by atoms with E-state index in [2.05, 4.69) is 41.8 Å². The Labute approximate surface area is 227 Å². The molecular weight excluding hydrogens is 509 g/mol. The summed E-state index contributed by atoms with van der Waals surface area (Å²) in [5.74, 6) is 2.48. The number of methoxy groups -OCH3 is 1. The van der Waals surface area contributed by atoms with Crippen molar-refractivity contribution in [2.24, 2.45) is 0 Å². The molecule has 0 spiro atoms. The monoisotopic (exact) mass is 539 g/mol. The maximum atomic E-state index is 6.72. The van der Waals surface area contributed by atoms with Gasteiger partial charge in [0.15, 0.2) is 17.3 Å². The molecule has 1 fully saturated rings. The summed E-state index contributed by atoms with van der Waals surface area (Å²) >= 11 is 12.8. The number of nitrogen functional groups attached to an aromatic ring is 1. The predicted octanol–water partition coefficient (Wildman–Crippen LogP) is 6.98. The van der Waals surface area contributed by atoms with Crippen LogP contribution in [0.1, 0.15) is 45.2 Å². The number of rotatable bonds is 5. The minimum atomic E-state index is -0.0405. The van der Waals surface area contributed by atoms with Gasteiger partial charge in [0.2, 0.25) is 0 Å². The normalized spacial score (nSPS) is 18.8. The number of nitrogens with zero attached hydrogens (tertiary/aromatic N) is 4. The van der Waals surface area contributed by atoms with Gasteiger partial charge in [0.05, 0.1) is 12.6 Å². The summed E-state index contributed by atoms with van der Waals surface area (Å²) in [6, 6.07) is 15.3. The van der Waals surface area contributed by atoms with Crippen molar-refractivity contribution in [1.82, 2.24) is 19.5 Å². The molecule has 9 heteroatoms. The van der Waals surface area contributed by atoms with Crippen LogP contribution in [-0.4, -0.2) is 44.2 Å². The summed E-state index contributed by atoms with van der Waals surface area (Å²) in [4.78, 5) is 6.65. The third kappa shape index (κ3) is 5.08. The molecule has 0 bridgehead atoms. The molecule has 1 saturated heterocycles. The lowest BCUT2D eigenvalue weighted by atomic mass is 9.90. The highest BCUT2D eigenvalue weighted by atomic mass is 35.5. The Kier molecular flexibility index (Phi) is 6.96. The number of fused-ring (bicyclic) bond motifs is 1. The largest absolute Gasteiger partial charge is 0.493 e. The smallest absolute Gasteiger partial charge is 0.169 e. The summed E-state index contributed by atoms with van der Waals surface area (Å²) in [6.07, 6.45) is 3.37. The van der Waals surface area contributed by atoms with Gasteiger partial charge in [0.1, 0.15) is 17.6 Å². The average molecular weight is 540 g/mol. The van der Waals surface area contributed by atoms with E-state index in [1.807, 2.05) is 34.8 Å². The van der Waals surface area contributed by atoms with E-state index in [1.54, 1.807) is 19.2 Å². The van der Waals surface area contributed by atoms with Gasteiger partial charge >= 0.3 is 0 Å². The second-order valence-corrected chi connectivity index (χ2v) is 11.3. The molecule has 2 unspecified atom stereocenters. The molecule has 0 amide bonds. The van der Waals surface area contributed by atoms with E-state index >= 15 is 0 Å². The van der Waals surface area contributed by atoms with Crippen LogP contribution in [0.15, 0.2) is 54.9 Å². The van der Waals surface area contributed by atoms with Crippen LogP contribution in [0.25, 0.3) is 16.6 Å². The van der Waals surface area contributed by atoms with Crippen LogP contribution < -0.4 is 15.2 Å². The number of alkyl halides is 1. The lowest BCUT2D eigenvalue weighted by molar-refractivity contribution is 0.0777. The van der Waals surface area contributed by atoms with E-state index in [9.17, 15) is 0 Å². The minimum absolute atomic E-state index is 0.0120. The van der Waals surface area contributed by atoms with Gasteiger partial charge in [-0.15, -0.1) is 11.6 Å². The summed E-state index contributed by atoms with van der Waals surface area (Å²) in [7, 11) is 1.62. The summed E-state index contributed by atoms with van der Waals surface area (Å²) < 4.78 is 13.7. The van der Waals surface area contributed by atoms with Gasteiger partial charge in [-0.25, -0.2) is 9.50 Å². The van der Waals surface area contributed by atoms with Crippen molar-refractivity contribution in [3.8, 4) is 28.4 Å². The topological polar surface area (TPSA) is 77.9 Å². The molecule has 2 N–H and O–H groups in total. The minimum Gasteiger partial charge on any atom is -0.493 e. The number of halogens is 2. The standard InChI is InChI=1S/C28H31Cl2N5O2/c1-28(2,3)34-15-18(9-11-25(34)30)22-14-21(26-27(31)32-16-33-35(22)26)17-8-10-23(24(12-17)36-4)37-20-7-5-6-19(29)13-20/h5-8,10,12-14,16,18,25H,9,11,15H2,1-4H3,(H2,31,32,33). The van der Waals surface area contributed by atoms with E-state index in [-0.39, 0.29) is 17.0 Å². The Bertz CT molecular complexity index is 1430. The molecule has 2 aromatic carbocycles. The van der Waals surface area contributed by atoms with Crippen molar-refractivity contribution >= 4 is 34.5 Å². The van der Waals surface area contributed by atoms with E-state index in [4.69, 9.17) is 38.4 Å². The molecule has 37 heavy (non-hydrogen) atoms. The first kappa shape index (κ1) is 25.6. The number of piperidine rings is 1. The second-order valence-electron chi connectivity index (χ2n) is 10.3. The van der Waals surface area contributed by atoms with E-state index < -0.39 is 0 Å². The molecule has 1 aliphatic rings. The Hall–Kier alpha value is -3.00. The molecule has 3 heterocycles. The van der Waals surface area contributed by atoms with Gasteiger partial charge in [-0.3, -0.25) is 4.90 Å². The molecule has 0 saturated carbocycles. The van der Waals surface area contributed by atoms with Crippen molar-refractivity contribution in [3.05, 3.63) is 65.6 Å². The quantitative estimate of drug-likeness (QED) is 0.218. The number of anilines is 1. The van der Waals surface area contributed by atoms with E-state index in [1.165, 1.54) is 6.33 Å². The van der Waals surface area contributed by atoms with Crippen LogP contribution in [0.2, 0.25) is 5.02 Å². The third-order valence-corrected chi connectivity index (χ3v) is 7.59. The molecule has 7 nitrogen and oxygen atoms in total. The molecule has 5 rings (SSSR count). The SMILES string of the molecule is COc1cc(-c2cc(C3CCC(Cl)N(C(C)(C)C)C3)n3ncnc(N)c23)ccc1Oc1cccc(Cl)c1. The highest BCUT2D eigenvalue weighted by Gasteiger charge is 2.36. The zero-order chi connectivity index (χ0) is 26.3. The fourth-order valence-electron chi connectivity index (χ4n) is 5.05. The van der Waals surface area contributed by atoms with Crippen LogP contribution in [0.4, 0.5) is 5.82 Å². The van der Waals surface area contributed by atoms with Gasteiger partial charge < -0.3 is 15.2 Å². The van der Waals surface area contributed by atoms with Crippen molar-refractivity contribution < 1.29 is 9.47 Å². The Morgan fingerprint density at radius 1 is 1.05 bits per heavy atom. The Morgan fingerprint density at radius 3 is 2.59 bits per heavy atom.